The van der Waals surface area contributed by atoms with Gasteiger partial charge in [-0.3, -0.25) is 4.79 Å². The number of pyridine rings is 1. The molecule has 6 nitrogen and oxygen atoms in total. The molecular weight excluding hydrogens is 348 g/mol. The number of hydrogen-bond donors (Lipinski definition) is 1. The summed E-state index contributed by atoms with van der Waals surface area (Å²) in [6.07, 6.45) is 5.73. The number of esters is 1. The maximum absolute atomic E-state index is 11.6. The summed E-state index contributed by atoms with van der Waals surface area (Å²) in [5.74, 6) is -0.315. The van der Waals surface area contributed by atoms with E-state index in [0.29, 0.717) is 10.8 Å². The molecule has 0 amide bonds. The van der Waals surface area contributed by atoms with Crippen LogP contribution < -0.4 is 5.73 Å². The highest BCUT2D eigenvalue weighted by Gasteiger charge is 2.14. The van der Waals surface area contributed by atoms with Crippen molar-refractivity contribution in [3.8, 4) is 21.6 Å². The summed E-state index contributed by atoms with van der Waals surface area (Å²) in [5, 5.41) is 0.526. The standard InChI is InChI=1S/C19H16N4O2S/c1-25-17(24)8-14-11-23-10-13(16-9-21-19(20)26-16)7-15(18(23)22-14)12-5-3-2-4-6-12/h2-7,9-11H,8H2,1H3,(H2,20,21). The molecule has 7 heteroatoms. The number of carbonyl (C=O) groups excluding carboxylic acids is 1. The largest absolute Gasteiger partial charge is 0.469 e. The number of imidazole rings is 1. The van der Waals surface area contributed by atoms with Crippen LogP contribution in [-0.4, -0.2) is 27.4 Å². The quantitative estimate of drug-likeness (QED) is 0.561. The van der Waals surface area contributed by atoms with Crippen LogP contribution >= 0.6 is 11.3 Å². The van der Waals surface area contributed by atoms with E-state index in [9.17, 15) is 4.79 Å². The second-order valence-electron chi connectivity index (χ2n) is 5.79. The van der Waals surface area contributed by atoms with Gasteiger partial charge in [-0.15, -0.1) is 0 Å². The van der Waals surface area contributed by atoms with Crippen LogP contribution in [0, 0.1) is 0 Å². The van der Waals surface area contributed by atoms with Gasteiger partial charge in [0.05, 0.1) is 24.1 Å². The van der Waals surface area contributed by atoms with Gasteiger partial charge >= 0.3 is 5.97 Å². The summed E-state index contributed by atoms with van der Waals surface area (Å²) in [4.78, 5) is 21.4. The van der Waals surface area contributed by atoms with E-state index < -0.39 is 0 Å². The molecule has 130 valence electrons. The van der Waals surface area contributed by atoms with E-state index in [-0.39, 0.29) is 12.4 Å². The highest BCUT2D eigenvalue weighted by atomic mass is 32.1. The summed E-state index contributed by atoms with van der Waals surface area (Å²) in [5.41, 5.74) is 10.3. The van der Waals surface area contributed by atoms with Crippen molar-refractivity contribution in [3.63, 3.8) is 0 Å². The van der Waals surface area contributed by atoms with Crippen molar-refractivity contribution in [1.29, 1.82) is 0 Å². The number of nitrogens with zero attached hydrogens (tertiary/aromatic N) is 3. The molecule has 2 N–H and O–H groups in total. The van der Waals surface area contributed by atoms with Crippen molar-refractivity contribution in [2.75, 3.05) is 12.8 Å². The predicted octanol–water partition coefficient (Wildman–Crippen LogP) is 3.42. The van der Waals surface area contributed by atoms with Gasteiger partial charge in [0.25, 0.3) is 0 Å². The molecule has 0 aliphatic heterocycles. The van der Waals surface area contributed by atoms with E-state index in [1.54, 1.807) is 6.20 Å². The van der Waals surface area contributed by atoms with Gasteiger partial charge in [0.15, 0.2) is 5.13 Å². The van der Waals surface area contributed by atoms with Crippen LogP contribution in [0.15, 0.2) is 55.0 Å². The maximum atomic E-state index is 11.6. The van der Waals surface area contributed by atoms with Crippen LogP contribution in [0.25, 0.3) is 27.2 Å². The van der Waals surface area contributed by atoms with Gasteiger partial charge in [-0.25, -0.2) is 9.97 Å². The van der Waals surface area contributed by atoms with Gasteiger partial charge in [0.1, 0.15) is 5.65 Å². The third kappa shape index (κ3) is 3.04. The minimum atomic E-state index is -0.315. The van der Waals surface area contributed by atoms with Gasteiger partial charge in [-0.1, -0.05) is 41.7 Å². The number of carbonyl (C=O) groups is 1. The minimum Gasteiger partial charge on any atom is -0.469 e. The summed E-state index contributed by atoms with van der Waals surface area (Å²) in [6.45, 7) is 0. The molecule has 0 fully saturated rings. The predicted molar refractivity (Wildman–Crippen MR) is 102 cm³/mol. The van der Waals surface area contributed by atoms with Crippen LogP contribution in [0.3, 0.4) is 0 Å². The molecular formula is C19H16N4O2S. The van der Waals surface area contributed by atoms with E-state index >= 15 is 0 Å². The number of anilines is 1. The monoisotopic (exact) mass is 364 g/mol. The number of aromatic nitrogens is 3. The second-order valence-corrected chi connectivity index (χ2v) is 6.85. The lowest BCUT2D eigenvalue weighted by molar-refractivity contribution is -0.139. The number of fused-ring (bicyclic) bond motifs is 1. The van der Waals surface area contributed by atoms with E-state index in [0.717, 1.165) is 27.2 Å². The first-order chi connectivity index (χ1) is 12.6. The fraction of sp³-hybridized carbons (Fsp3) is 0.105. The molecule has 0 atom stereocenters. The molecule has 3 heterocycles. The van der Waals surface area contributed by atoms with E-state index in [1.165, 1.54) is 18.4 Å². The number of ether oxygens (including phenoxy) is 1. The zero-order chi connectivity index (χ0) is 18.1. The Balaban J connectivity index is 1.91. The summed E-state index contributed by atoms with van der Waals surface area (Å²) in [7, 11) is 1.37. The Labute approximate surface area is 153 Å². The van der Waals surface area contributed by atoms with Gasteiger partial charge in [-0.2, -0.15) is 0 Å². The first-order valence-electron chi connectivity index (χ1n) is 7.99. The molecule has 0 spiro atoms. The van der Waals surface area contributed by atoms with Crippen molar-refractivity contribution in [2.45, 2.75) is 6.42 Å². The Morgan fingerprint density at radius 2 is 2.04 bits per heavy atom. The number of benzene rings is 1. The average molecular weight is 364 g/mol. The zero-order valence-electron chi connectivity index (χ0n) is 14.0. The van der Waals surface area contributed by atoms with Crippen molar-refractivity contribution in [3.05, 3.63) is 60.7 Å². The molecule has 26 heavy (non-hydrogen) atoms. The fourth-order valence-corrected chi connectivity index (χ4v) is 3.51. The van der Waals surface area contributed by atoms with Crippen molar-refractivity contribution in [2.24, 2.45) is 0 Å². The third-order valence-corrected chi connectivity index (χ3v) is 4.92. The number of thiazole rings is 1. The lowest BCUT2D eigenvalue weighted by Crippen LogP contribution is -2.04. The first kappa shape index (κ1) is 16.3. The lowest BCUT2D eigenvalue weighted by atomic mass is 10.0. The summed E-state index contributed by atoms with van der Waals surface area (Å²) in [6, 6.07) is 12.1. The summed E-state index contributed by atoms with van der Waals surface area (Å²) < 4.78 is 6.69. The van der Waals surface area contributed by atoms with Crippen molar-refractivity contribution >= 4 is 28.1 Å². The van der Waals surface area contributed by atoms with Gasteiger partial charge < -0.3 is 14.9 Å². The molecule has 0 radical (unpaired) electrons. The Bertz CT molecular complexity index is 1090. The second kappa shape index (κ2) is 6.61. The Kier molecular flexibility index (Phi) is 4.14. The summed E-state index contributed by atoms with van der Waals surface area (Å²) >= 11 is 1.43. The highest BCUT2D eigenvalue weighted by molar-refractivity contribution is 7.18. The molecule has 0 aliphatic rings. The molecule has 4 rings (SSSR count). The number of hydrogen-bond acceptors (Lipinski definition) is 6. The van der Waals surface area contributed by atoms with E-state index in [2.05, 4.69) is 16.0 Å². The molecule has 0 aliphatic carbocycles. The normalized spacial score (nSPS) is 11.0. The number of rotatable bonds is 4. The molecule has 1 aromatic carbocycles. The smallest absolute Gasteiger partial charge is 0.311 e. The zero-order valence-corrected chi connectivity index (χ0v) is 14.9. The van der Waals surface area contributed by atoms with Crippen LogP contribution in [0.1, 0.15) is 5.69 Å². The topological polar surface area (TPSA) is 82.5 Å². The number of methoxy groups -OCH3 is 1. The number of nitrogen functional groups attached to an aromatic ring is 1. The minimum absolute atomic E-state index is 0.134. The third-order valence-electron chi connectivity index (χ3n) is 4.05. The Morgan fingerprint density at radius 1 is 1.23 bits per heavy atom. The Hall–Kier alpha value is -3.19. The van der Waals surface area contributed by atoms with Crippen LogP contribution in [-0.2, 0) is 16.0 Å². The maximum Gasteiger partial charge on any atom is 0.311 e. The van der Waals surface area contributed by atoms with Gasteiger partial charge in [0.2, 0.25) is 0 Å². The molecule has 0 saturated heterocycles. The van der Waals surface area contributed by atoms with E-state index in [1.807, 2.05) is 47.1 Å². The highest BCUT2D eigenvalue weighted by Crippen LogP contribution is 2.33. The van der Waals surface area contributed by atoms with Crippen LogP contribution in [0.5, 0.6) is 0 Å². The molecule has 4 aromatic rings. The van der Waals surface area contributed by atoms with Gasteiger partial charge in [-0.05, 0) is 11.6 Å². The van der Waals surface area contributed by atoms with Crippen molar-refractivity contribution in [1.82, 2.24) is 14.4 Å². The van der Waals surface area contributed by atoms with Crippen LogP contribution in [0.4, 0.5) is 5.13 Å². The van der Waals surface area contributed by atoms with Crippen molar-refractivity contribution < 1.29 is 9.53 Å². The molecule has 0 saturated carbocycles. The number of nitrogens with two attached hydrogens (primary N) is 1. The van der Waals surface area contributed by atoms with Gasteiger partial charge in [0, 0.05) is 29.7 Å². The Morgan fingerprint density at radius 3 is 2.73 bits per heavy atom. The average Bonchev–Trinajstić information content (AvgIpc) is 3.27. The molecule has 0 bridgehead atoms. The van der Waals surface area contributed by atoms with E-state index in [4.69, 9.17) is 10.5 Å². The SMILES string of the molecule is COC(=O)Cc1cn2cc(-c3cnc(N)s3)cc(-c3ccccc3)c2n1. The van der Waals surface area contributed by atoms with Crippen LogP contribution in [0.2, 0.25) is 0 Å². The molecule has 3 aromatic heterocycles. The first-order valence-corrected chi connectivity index (χ1v) is 8.81. The lowest BCUT2D eigenvalue weighted by Gasteiger charge is -2.07. The molecule has 0 unspecified atom stereocenters. The fourth-order valence-electron chi connectivity index (χ4n) is 2.84.